The first kappa shape index (κ1) is 22.9. The van der Waals surface area contributed by atoms with Crippen LogP contribution in [0.3, 0.4) is 0 Å². The molecule has 0 saturated carbocycles. The van der Waals surface area contributed by atoms with E-state index in [0.29, 0.717) is 61.5 Å². The minimum absolute atomic E-state index is 0.0876. The number of aromatic hydroxyl groups is 1. The minimum atomic E-state index is -0.194. The summed E-state index contributed by atoms with van der Waals surface area (Å²) in [6.45, 7) is 5.84. The number of hydrogen-bond acceptors (Lipinski definition) is 7. The molecule has 0 atom stereocenters. The van der Waals surface area contributed by atoms with Crippen molar-refractivity contribution in [2.24, 2.45) is 5.92 Å². The molecule has 1 saturated heterocycles. The molecule has 2 aliphatic rings. The van der Waals surface area contributed by atoms with Crippen LogP contribution in [0.2, 0.25) is 0 Å². The highest BCUT2D eigenvalue weighted by Gasteiger charge is 2.34. The molecule has 33 heavy (non-hydrogen) atoms. The Morgan fingerprint density at radius 3 is 2.58 bits per heavy atom. The van der Waals surface area contributed by atoms with Crippen molar-refractivity contribution in [1.82, 2.24) is 4.90 Å². The number of hydrogen-bond donors (Lipinski definition) is 1. The number of esters is 1. The van der Waals surface area contributed by atoms with E-state index in [0.717, 1.165) is 11.3 Å². The number of carbonyl (C=O) groups excluding carboxylic acids is 2. The third-order valence-electron chi connectivity index (χ3n) is 6.22. The van der Waals surface area contributed by atoms with E-state index < -0.39 is 0 Å². The lowest BCUT2D eigenvalue weighted by Crippen LogP contribution is -2.36. The third-order valence-corrected chi connectivity index (χ3v) is 6.22. The number of allylic oxidation sites excluding steroid dienone is 1. The molecule has 0 radical (unpaired) electrons. The first-order valence-corrected chi connectivity index (χ1v) is 11.2. The van der Waals surface area contributed by atoms with Gasteiger partial charge in [-0.05, 0) is 75.2 Å². The summed E-state index contributed by atoms with van der Waals surface area (Å²) >= 11 is 0. The molecule has 0 aromatic heterocycles. The number of benzene rings is 2. The molecular weight excluding hydrogens is 422 g/mol. The molecule has 0 aliphatic carbocycles. The number of phenols is 1. The summed E-state index contributed by atoms with van der Waals surface area (Å²) in [6.07, 6.45) is 3.11. The van der Waals surface area contributed by atoms with Crippen molar-refractivity contribution in [3.8, 4) is 17.2 Å². The summed E-state index contributed by atoms with van der Waals surface area (Å²) in [6, 6.07) is 8.97. The predicted molar refractivity (Wildman–Crippen MR) is 123 cm³/mol. The lowest BCUT2D eigenvalue weighted by atomic mass is 9.95. The van der Waals surface area contributed by atoms with E-state index in [1.54, 1.807) is 26.2 Å². The predicted octanol–water partition coefficient (Wildman–Crippen LogP) is 4.10. The van der Waals surface area contributed by atoms with E-state index in [4.69, 9.17) is 14.2 Å². The van der Waals surface area contributed by atoms with E-state index in [-0.39, 0.29) is 29.2 Å². The molecule has 0 unspecified atom stereocenters. The molecule has 0 bridgehead atoms. The van der Waals surface area contributed by atoms with Gasteiger partial charge >= 0.3 is 5.97 Å². The quantitative estimate of drug-likeness (QED) is 0.523. The summed E-state index contributed by atoms with van der Waals surface area (Å²) in [7, 11) is 1.60. The summed E-state index contributed by atoms with van der Waals surface area (Å²) in [4.78, 5) is 27.3. The van der Waals surface area contributed by atoms with Gasteiger partial charge in [0.05, 0.1) is 30.8 Å². The number of rotatable bonds is 6. The van der Waals surface area contributed by atoms with E-state index in [1.165, 1.54) is 0 Å². The van der Waals surface area contributed by atoms with Crippen LogP contribution in [0, 0.1) is 12.8 Å². The van der Waals surface area contributed by atoms with Crippen LogP contribution in [0.4, 0.5) is 0 Å². The number of ketones is 1. The van der Waals surface area contributed by atoms with Crippen molar-refractivity contribution < 1.29 is 28.9 Å². The molecule has 174 valence electrons. The molecular formula is C26H29NO6. The van der Waals surface area contributed by atoms with Crippen molar-refractivity contribution in [2.75, 3.05) is 26.8 Å². The molecule has 1 N–H and O–H groups in total. The van der Waals surface area contributed by atoms with Crippen molar-refractivity contribution in [1.29, 1.82) is 0 Å². The molecule has 2 aromatic carbocycles. The summed E-state index contributed by atoms with van der Waals surface area (Å²) in [5, 5.41) is 10.7. The standard InChI is InChI=1S/C26H29NO6/c1-4-32-26(30)18-9-11-27(12-10-18)15-20-21(28)13-16(2)23-24(29)22(33-25(20)23)14-17-5-7-19(31-3)8-6-17/h5-8,13-14,18,28H,4,9-12,15H2,1-3H3. The Hall–Kier alpha value is -3.32. The number of piperidine rings is 1. The Kier molecular flexibility index (Phi) is 6.70. The highest BCUT2D eigenvalue weighted by molar-refractivity contribution is 6.15. The maximum atomic E-state index is 13.1. The second kappa shape index (κ2) is 9.67. The van der Waals surface area contributed by atoms with E-state index in [9.17, 15) is 14.7 Å². The van der Waals surface area contributed by atoms with Crippen LogP contribution in [0.15, 0.2) is 36.1 Å². The Balaban J connectivity index is 1.54. The van der Waals surface area contributed by atoms with Crippen LogP contribution in [0.25, 0.3) is 6.08 Å². The van der Waals surface area contributed by atoms with Gasteiger partial charge in [0.15, 0.2) is 5.76 Å². The Morgan fingerprint density at radius 1 is 1.24 bits per heavy atom. The number of aryl methyl sites for hydroxylation is 1. The fourth-order valence-corrected chi connectivity index (χ4v) is 4.39. The number of methoxy groups -OCH3 is 1. The number of carbonyl (C=O) groups is 2. The summed E-state index contributed by atoms with van der Waals surface area (Å²) < 4.78 is 16.4. The largest absolute Gasteiger partial charge is 0.507 e. The zero-order valence-corrected chi connectivity index (χ0v) is 19.2. The maximum Gasteiger partial charge on any atom is 0.309 e. The molecule has 4 rings (SSSR count). The Bertz CT molecular complexity index is 1080. The van der Waals surface area contributed by atoms with Gasteiger partial charge in [0.25, 0.3) is 0 Å². The fourth-order valence-electron chi connectivity index (χ4n) is 4.39. The number of ether oxygens (including phenoxy) is 3. The second-order valence-electron chi connectivity index (χ2n) is 8.41. The third kappa shape index (κ3) is 4.73. The van der Waals surface area contributed by atoms with E-state index in [2.05, 4.69) is 4.90 Å². The monoisotopic (exact) mass is 451 g/mol. The maximum absolute atomic E-state index is 13.1. The lowest BCUT2D eigenvalue weighted by Gasteiger charge is -2.31. The van der Waals surface area contributed by atoms with Crippen molar-refractivity contribution >= 4 is 17.8 Å². The number of fused-ring (bicyclic) bond motifs is 1. The molecule has 2 aliphatic heterocycles. The van der Waals surface area contributed by atoms with Crippen molar-refractivity contribution in [3.05, 3.63) is 58.3 Å². The van der Waals surface area contributed by atoms with E-state index in [1.807, 2.05) is 31.2 Å². The lowest BCUT2D eigenvalue weighted by molar-refractivity contribution is -0.149. The van der Waals surface area contributed by atoms with Crippen LogP contribution in [0.5, 0.6) is 17.2 Å². The SMILES string of the molecule is CCOC(=O)C1CCN(Cc2c(O)cc(C)c3c2OC(=Cc2ccc(OC)cc2)C3=O)CC1. The zero-order chi connectivity index (χ0) is 23.5. The van der Waals surface area contributed by atoms with Gasteiger partial charge in [0, 0.05) is 6.54 Å². The highest BCUT2D eigenvalue weighted by atomic mass is 16.5. The molecule has 1 fully saturated rings. The zero-order valence-electron chi connectivity index (χ0n) is 19.2. The fraction of sp³-hybridized carbons (Fsp3) is 0.385. The van der Waals surface area contributed by atoms with Crippen molar-refractivity contribution in [2.45, 2.75) is 33.2 Å². The van der Waals surface area contributed by atoms with Gasteiger partial charge in [0.2, 0.25) is 5.78 Å². The van der Waals surface area contributed by atoms with Crippen LogP contribution in [0.1, 0.15) is 46.8 Å². The molecule has 0 amide bonds. The minimum Gasteiger partial charge on any atom is -0.507 e. The molecule has 2 aromatic rings. The van der Waals surface area contributed by atoms with Gasteiger partial charge in [0.1, 0.15) is 17.2 Å². The number of Topliss-reactive ketones (excluding diaryl/α,β-unsaturated/α-hetero) is 1. The van der Waals surface area contributed by atoms with Gasteiger partial charge in [-0.3, -0.25) is 14.5 Å². The molecule has 0 spiro atoms. The Morgan fingerprint density at radius 2 is 1.94 bits per heavy atom. The molecule has 2 heterocycles. The summed E-state index contributed by atoms with van der Waals surface area (Å²) in [5.74, 6) is 1.07. The van der Waals surface area contributed by atoms with Gasteiger partial charge in [-0.25, -0.2) is 0 Å². The average molecular weight is 452 g/mol. The highest BCUT2D eigenvalue weighted by Crippen LogP contribution is 2.42. The number of nitrogens with zero attached hydrogens (tertiary/aromatic N) is 1. The molecule has 7 nitrogen and oxygen atoms in total. The van der Waals surface area contributed by atoms with E-state index >= 15 is 0 Å². The van der Waals surface area contributed by atoms with Gasteiger partial charge in [-0.15, -0.1) is 0 Å². The first-order valence-electron chi connectivity index (χ1n) is 11.2. The second-order valence-corrected chi connectivity index (χ2v) is 8.41. The number of likely N-dealkylation sites (tertiary alicyclic amines) is 1. The normalized spacial score (nSPS) is 17.7. The smallest absolute Gasteiger partial charge is 0.309 e. The van der Waals surface area contributed by atoms with Crippen LogP contribution < -0.4 is 9.47 Å². The summed E-state index contributed by atoms with van der Waals surface area (Å²) in [5.41, 5.74) is 2.58. The van der Waals surface area contributed by atoms with Crippen LogP contribution in [-0.2, 0) is 16.1 Å². The van der Waals surface area contributed by atoms with Crippen LogP contribution in [-0.4, -0.2) is 48.6 Å². The van der Waals surface area contributed by atoms with Crippen LogP contribution >= 0.6 is 0 Å². The van der Waals surface area contributed by atoms with Gasteiger partial charge in [-0.2, -0.15) is 0 Å². The number of phenolic OH excluding ortho intramolecular Hbond substituents is 1. The topological polar surface area (TPSA) is 85.3 Å². The average Bonchev–Trinajstić information content (AvgIpc) is 3.14. The van der Waals surface area contributed by atoms with Gasteiger partial charge < -0.3 is 19.3 Å². The van der Waals surface area contributed by atoms with Gasteiger partial charge in [-0.1, -0.05) is 12.1 Å². The van der Waals surface area contributed by atoms with Crippen molar-refractivity contribution in [3.63, 3.8) is 0 Å². The Labute approximate surface area is 193 Å². The molecule has 7 heteroatoms. The first-order chi connectivity index (χ1) is 15.9.